The van der Waals surface area contributed by atoms with Crippen molar-refractivity contribution in [2.24, 2.45) is 0 Å². The number of hydrogen-bond acceptors (Lipinski definition) is 5. The van der Waals surface area contributed by atoms with Crippen LogP contribution in [0.25, 0.3) is 0 Å². The highest BCUT2D eigenvalue weighted by molar-refractivity contribution is 5.99. The Morgan fingerprint density at radius 1 is 1.44 bits per heavy atom. The zero-order valence-electron chi connectivity index (χ0n) is 10.0. The average Bonchev–Trinajstić information content (AvgIpc) is 2.79. The van der Waals surface area contributed by atoms with Gasteiger partial charge in [-0.05, 0) is 0 Å². The second kappa shape index (κ2) is 5.58. The molecule has 1 saturated heterocycles. The van der Waals surface area contributed by atoms with E-state index in [0.29, 0.717) is 5.56 Å². The van der Waals surface area contributed by atoms with Crippen LogP contribution in [0, 0.1) is 0 Å². The lowest BCUT2D eigenvalue weighted by molar-refractivity contribution is -0.158. The molecular weight excluding hydrogens is 236 g/mol. The van der Waals surface area contributed by atoms with Gasteiger partial charge in [0.05, 0.1) is 6.10 Å². The second-order valence-electron chi connectivity index (χ2n) is 4.26. The minimum atomic E-state index is -1.29. The first-order chi connectivity index (χ1) is 8.63. The van der Waals surface area contributed by atoms with E-state index < -0.39 is 30.4 Å². The Morgan fingerprint density at radius 2 is 2.11 bits per heavy atom. The zero-order valence-corrected chi connectivity index (χ0v) is 10.0. The van der Waals surface area contributed by atoms with Crippen molar-refractivity contribution >= 4 is 5.78 Å². The van der Waals surface area contributed by atoms with Gasteiger partial charge >= 0.3 is 0 Å². The van der Waals surface area contributed by atoms with Crippen molar-refractivity contribution in [3.8, 4) is 0 Å². The van der Waals surface area contributed by atoms with Crippen LogP contribution in [0.3, 0.4) is 0 Å². The van der Waals surface area contributed by atoms with Gasteiger partial charge in [-0.25, -0.2) is 0 Å². The number of Topliss-reactive ketones (excluding diaryl/α,β-unsaturated/α-hetero) is 1. The van der Waals surface area contributed by atoms with Crippen molar-refractivity contribution < 1.29 is 24.5 Å². The van der Waals surface area contributed by atoms with Crippen LogP contribution < -0.4 is 0 Å². The molecule has 2 N–H and O–H groups in total. The lowest BCUT2D eigenvalue weighted by Gasteiger charge is -2.17. The predicted octanol–water partition coefficient (Wildman–Crippen LogP) is 0.353. The maximum absolute atomic E-state index is 12.0. The van der Waals surface area contributed by atoms with Crippen molar-refractivity contribution in [1.82, 2.24) is 0 Å². The van der Waals surface area contributed by atoms with Crippen LogP contribution in [-0.2, 0) is 9.47 Å². The predicted molar refractivity (Wildman–Crippen MR) is 63.1 cm³/mol. The molecule has 1 heterocycles. The van der Waals surface area contributed by atoms with E-state index >= 15 is 0 Å². The molecule has 1 aromatic carbocycles. The van der Waals surface area contributed by atoms with E-state index in [1.54, 1.807) is 30.3 Å². The first kappa shape index (κ1) is 13.2. The van der Waals surface area contributed by atoms with E-state index in [1.165, 1.54) is 7.11 Å². The first-order valence-corrected chi connectivity index (χ1v) is 5.77. The van der Waals surface area contributed by atoms with Crippen LogP contribution >= 0.6 is 0 Å². The lowest BCUT2D eigenvalue weighted by atomic mass is 10.00. The monoisotopic (exact) mass is 252 g/mol. The van der Waals surface area contributed by atoms with E-state index in [2.05, 4.69) is 0 Å². The Labute approximate surface area is 105 Å². The molecule has 1 unspecified atom stereocenters. The van der Waals surface area contributed by atoms with E-state index in [9.17, 15) is 15.0 Å². The molecule has 0 spiro atoms. The van der Waals surface area contributed by atoms with Gasteiger partial charge in [0.1, 0.15) is 12.2 Å². The van der Waals surface area contributed by atoms with Crippen LogP contribution in [0.2, 0.25) is 0 Å². The van der Waals surface area contributed by atoms with Gasteiger partial charge in [-0.1, -0.05) is 30.3 Å². The Kier molecular flexibility index (Phi) is 4.08. The SMILES string of the molecule is CO[C@H]1O[C@H](C(O)C(=O)c2ccccc2)C[C@H]1O. The van der Waals surface area contributed by atoms with E-state index in [4.69, 9.17) is 9.47 Å². The summed E-state index contributed by atoms with van der Waals surface area (Å²) in [7, 11) is 1.40. The standard InChI is InChI=1S/C13H16O5/c1-17-13-9(14)7-10(18-13)12(16)11(15)8-5-3-2-4-6-8/h2-6,9-10,12-14,16H,7H2,1H3/t9-,10+,12?,13+/m1/s1. The Morgan fingerprint density at radius 3 is 2.67 bits per heavy atom. The maximum atomic E-state index is 12.0. The molecule has 1 aliphatic rings. The van der Waals surface area contributed by atoms with Gasteiger partial charge in [0, 0.05) is 19.1 Å². The molecule has 0 aliphatic carbocycles. The molecule has 0 saturated carbocycles. The van der Waals surface area contributed by atoms with Crippen LogP contribution in [0.15, 0.2) is 30.3 Å². The summed E-state index contributed by atoms with van der Waals surface area (Å²) in [6.45, 7) is 0. The normalized spacial score (nSPS) is 29.2. The van der Waals surface area contributed by atoms with Crippen LogP contribution in [-0.4, -0.2) is 47.7 Å². The van der Waals surface area contributed by atoms with Gasteiger partial charge in [-0.3, -0.25) is 4.79 Å². The van der Waals surface area contributed by atoms with Crippen molar-refractivity contribution in [3.63, 3.8) is 0 Å². The van der Waals surface area contributed by atoms with Gasteiger partial charge in [-0.15, -0.1) is 0 Å². The third-order valence-electron chi connectivity index (χ3n) is 3.01. The number of ketones is 1. The number of ether oxygens (including phenoxy) is 2. The fraction of sp³-hybridized carbons (Fsp3) is 0.462. The summed E-state index contributed by atoms with van der Waals surface area (Å²) in [6.07, 6.45) is -3.45. The van der Waals surface area contributed by atoms with Crippen molar-refractivity contribution in [3.05, 3.63) is 35.9 Å². The summed E-state index contributed by atoms with van der Waals surface area (Å²) in [4.78, 5) is 12.0. The summed E-state index contributed by atoms with van der Waals surface area (Å²) in [5.41, 5.74) is 0.420. The van der Waals surface area contributed by atoms with Gasteiger partial charge in [0.25, 0.3) is 0 Å². The molecule has 1 aliphatic heterocycles. The molecule has 98 valence electrons. The molecule has 18 heavy (non-hydrogen) atoms. The molecular formula is C13H16O5. The molecule has 5 heteroatoms. The summed E-state index contributed by atoms with van der Waals surface area (Å²) in [5.74, 6) is -0.412. The van der Waals surface area contributed by atoms with Gasteiger partial charge in [-0.2, -0.15) is 0 Å². The molecule has 0 amide bonds. The topological polar surface area (TPSA) is 76.0 Å². The van der Waals surface area contributed by atoms with Gasteiger partial charge < -0.3 is 19.7 Å². The largest absolute Gasteiger partial charge is 0.388 e. The number of benzene rings is 1. The Balaban J connectivity index is 2.04. The zero-order chi connectivity index (χ0) is 13.1. The maximum Gasteiger partial charge on any atom is 0.193 e. The molecule has 1 aromatic rings. The molecule has 2 rings (SSSR count). The quantitative estimate of drug-likeness (QED) is 0.756. The molecule has 0 radical (unpaired) electrons. The second-order valence-corrected chi connectivity index (χ2v) is 4.26. The number of methoxy groups -OCH3 is 1. The number of aliphatic hydroxyl groups is 2. The van der Waals surface area contributed by atoms with E-state index in [-0.39, 0.29) is 6.42 Å². The van der Waals surface area contributed by atoms with Crippen LogP contribution in [0.4, 0.5) is 0 Å². The summed E-state index contributed by atoms with van der Waals surface area (Å²) >= 11 is 0. The Bertz CT molecular complexity index is 405. The fourth-order valence-electron chi connectivity index (χ4n) is 2.03. The van der Waals surface area contributed by atoms with Crippen LogP contribution in [0.1, 0.15) is 16.8 Å². The molecule has 0 bridgehead atoms. The minimum absolute atomic E-state index is 0.179. The smallest absolute Gasteiger partial charge is 0.193 e. The summed E-state index contributed by atoms with van der Waals surface area (Å²) in [6, 6.07) is 8.50. The molecule has 1 fully saturated rings. The summed E-state index contributed by atoms with van der Waals surface area (Å²) in [5, 5.41) is 19.5. The lowest BCUT2D eigenvalue weighted by Crippen LogP contribution is -2.34. The molecule has 0 aromatic heterocycles. The van der Waals surface area contributed by atoms with Crippen molar-refractivity contribution in [1.29, 1.82) is 0 Å². The summed E-state index contributed by atoms with van der Waals surface area (Å²) < 4.78 is 10.2. The number of hydrogen-bond donors (Lipinski definition) is 2. The molecule has 4 atom stereocenters. The third-order valence-corrected chi connectivity index (χ3v) is 3.01. The minimum Gasteiger partial charge on any atom is -0.388 e. The van der Waals surface area contributed by atoms with Crippen molar-refractivity contribution in [2.75, 3.05) is 7.11 Å². The van der Waals surface area contributed by atoms with E-state index in [1.807, 2.05) is 0 Å². The van der Waals surface area contributed by atoms with E-state index in [0.717, 1.165) is 0 Å². The van der Waals surface area contributed by atoms with Gasteiger partial charge in [0.2, 0.25) is 0 Å². The Hall–Kier alpha value is -1.27. The van der Waals surface area contributed by atoms with Gasteiger partial charge in [0.15, 0.2) is 12.1 Å². The number of carbonyl (C=O) groups is 1. The molecule has 5 nitrogen and oxygen atoms in total. The average molecular weight is 252 g/mol. The number of rotatable bonds is 4. The number of carbonyl (C=O) groups excluding carboxylic acids is 1. The number of aliphatic hydroxyl groups excluding tert-OH is 2. The highest BCUT2D eigenvalue weighted by Crippen LogP contribution is 2.24. The highest BCUT2D eigenvalue weighted by atomic mass is 16.7. The van der Waals surface area contributed by atoms with Crippen LogP contribution in [0.5, 0.6) is 0 Å². The first-order valence-electron chi connectivity index (χ1n) is 5.77. The highest BCUT2D eigenvalue weighted by Gasteiger charge is 2.40. The van der Waals surface area contributed by atoms with Crippen molar-refractivity contribution in [2.45, 2.75) is 31.0 Å². The fourth-order valence-corrected chi connectivity index (χ4v) is 2.03. The third kappa shape index (κ3) is 2.59.